The lowest BCUT2D eigenvalue weighted by Crippen LogP contribution is -2.51. The van der Waals surface area contributed by atoms with E-state index >= 15 is 0 Å². The smallest absolute Gasteiger partial charge is 0.264 e. The molecule has 1 unspecified atom stereocenters. The van der Waals surface area contributed by atoms with E-state index in [1.807, 2.05) is 51.1 Å². The van der Waals surface area contributed by atoms with Gasteiger partial charge in [-0.1, -0.05) is 43.7 Å². The molecule has 2 aromatic carbocycles. The minimum absolute atomic E-state index is 0.0644. The summed E-state index contributed by atoms with van der Waals surface area (Å²) in [4.78, 5) is 15.8. The van der Waals surface area contributed by atoms with Crippen molar-refractivity contribution in [1.82, 2.24) is 10.0 Å². The maximum atomic E-state index is 13.7. The van der Waals surface area contributed by atoms with Gasteiger partial charge >= 0.3 is 0 Å². The standard InChI is InChI=1S/C34H46ClN3O5S/c1-4-23(3)36-34-22(2)8-7-10-31(39)29-15-12-26(29)20-38-17-6-5-9-24-18-28(35)14-11-27(24)21-43-32-16-13-25(19-30(32)38)33(40)37-44(34,41)42/h7,10-11,13-14,16,18-19,22-23,26,29,31,34,36,39H,4-6,8-9,12,15,17,20-21H2,1-3H3,(H,37,40)/b10-7+/t22-,23?,26+,29-,31+,34-/m1/s1. The monoisotopic (exact) mass is 643 g/mol. The summed E-state index contributed by atoms with van der Waals surface area (Å²) in [6.07, 6.45) is 9.02. The van der Waals surface area contributed by atoms with E-state index in [1.54, 1.807) is 18.2 Å². The molecule has 1 aliphatic carbocycles. The van der Waals surface area contributed by atoms with Crippen LogP contribution in [0.1, 0.15) is 80.8 Å². The largest absolute Gasteiger partial charge is 0.487 e. The summed E-state index contributed by atoms with van der Waals surface area (Å²) in [6.45, 7) is 7.58. The molecule has 6 atom stereocenters. The zero-order valence-corrected chi connectivity index (χ0v) is 27.5. The van der Waals surface area contributed by atoms with E-state index < -0.39 is 27.4 Å². The summed E-state index contributed by atoms with van der Waals surface area (Å²) in [5, 5.41) is 14.1. The molecule has 2 aromatic rings. The number of fused-ring (bicyclic) bond motifs is 3. The Hall–Kier alpha value is -2.59. The van der Waals surface area contributed by atoms with Crippen LogP contribution in [0.25, 0.3) is 0 Å². The van der Waals surface area contributed by atoms with E-state index in [2.05, 4.69) is 14.9 Å². The first-order valence-electron chi connectivity index (χ1n) is 16.0. The molecule has 1 fully saturated rings. The second kappa shape index (κ2) is 14.2. The number of amides is 1. The third-order valence-corrected chi connectivity index (χ3v) is 11.6. The number of carbonyl (C=O) groups excluding carboxylic acids is 1. The van der Waals surface area contributed by atoms with Crippen molar-refractivity contribution in [2.24, 2.45) is 17.8 Å². The van der Waals surface area contributed by atoms with Crippen LogP contribution in [-0.2, 0) is 23.1 Å². The molecule has 44 heavy (non-hydrogen) atoms. The van der Waals surface area contributed by atoms with Gasteiger partial charge in [0.1, 0.15) is 17.7 Å². The van der Waals surface area contributed by atoms with Crippen LogP contribution in [0.2, 0.25) is 5.02 Å². The van der Waals surface area contributed by atoms with Gasteiger partial charge in [0, 0.05) is 29.7 Å². The van der Waals surface area contributed by atoms with Crippen LogP contribution < -0.4 is 19.7 Å². The van der Waals surface area contributed by atoms with E-state index in [9.17, 15) is 18.3 Å². The van der Waals surface area contributed by atoms with Crippen molar-refractivity contribution in [3.8, 4) is 5.75 Å². The average molecular weight is 644 g/mol. The van der Waals surface area contributed by atoms with Crippen LogP contribution in [0, 0.1) is 17.8 Å². The lowest BCUT2D eigenvalue weighted by atomic mass is 9.70. The molecule has 0 spiro atoms. The van der Waals surface area contributed by atoms with Crippen molar-refractivity contribution in [2.45, 2.75) is 89.8 Å². The van der Waals surface area contributed by atoms with E-state index in [4.69, 9.17) is 16.3 Å². The predicted octanol–water partition coefficient (Wildman–Crippen LogP) is 5.82. The van der Waals surface area contributed by atoms with Gasteiger partial charge in [0.15, 0.2) is 0 Å². The van der Waals surface area contributed by atoms with Gasteiger partial charge < -0.3 is 14.7 Å². The zero-order chi connectivity index (χ0) is 31.4. The van der Waals surface area contributed by atoms with Crippen LogP contribution in [-0.4, -0.2) is 50.0 Å². The maximum Gasteiger partial charge on any atom is 0.264 e. The molecule has 2 heterocycles. The summed E-state index contributed by atoms with van der Waals surface area (Å²) >= 11 is 6.32. The van der Waals surface area contributed by atoms with Crippen molar-refractivity contribution in [1.29, 1.82) is 0 Å². The number of anilines is 1. The van der Waals surface area contributed by atoms with Crippen molar-refractivity contribution in [2.75, 3.05) is 18.0 Å². The number of hydrogen-bond donors (Lipinski definition) is 3. The number of nitrogens with one attached hydrogen (secondary N) is 2. The van der Waals surface area contributed by atoms with E-state index in [-0.39, 0.29) is 29.4 Å². The number of nitrogens with zero attached hydrogens (tertiary/aromatic N) is 1. The highest BCUT2D eigenvalue weighted by Crippen LogP contribution is 2.41. The van der Waals surface area contributed by atoms with Gasteiger partial charge in [0.2, 0.25) is 0 Å². The molecule has 5 rings (SSSR count). The second-order valence-electron chi connectivity index (χ2n) is 12.8. The van der Waals surface area contributed by atoms with Gasteiger partial charge in [0.05, 0.1) is 11.8 Å². The van der Waals surface area contributed by atoms with E-state index in [1.165, 1.54) is 5.56 Å². The number of aliphatic hydroxyl groups is 1. The van der Waals surface area contributed by atoms with Crippen molar-refractivity contribution in [3.63, 3.8) is 0 Å². The molecular weight excluding hydrogens is 598 g/mol. The normalized spacial score (nSPS) is 29.0. The Kier molecular flexibility index (Phi) is 10.6. The molecule has 240 valence electrons. The molecular formula is C34H46ClN3O5S. The first-order valence-corrected chi connectivity index (χ1v) is 17.9. The van der Waals surface area contributed by atoms with Gasteiger partial charge in [0.25, 0.3) is 15.9 Å². The van der Waals surface area contributed by atoms with Crippen molar-refractivity contribution < 1.29 is 23.1 Å². The van der Waals surface area contributed by atoms with Crippen LogP contribution in [0.5, 0.6) is 5.75 Å². The maximum absolute atomic E-state index is 13.7. The Morgan fingerprint density at radius 2 is 1.98 bits per heavy atom. The minimum atomic E-state index is -4.09. The molecule has 0 saturated heterocycles. The molecule has 2 aliphatic heterocycles. The predicted molar refractivity (Wildman–Crippen MR) is 176 cm³/mol. The van der Waals surface area contributed by atoms with Gasteiger partial charge in [-0.05, 0) is 111 Å². The Labute approximate surface area is 267 Å². The van der Waals surface area contributed by atoms with Gasteiger partial charge in [-0.25, -0.2) is 13.1 Å². The summed E-state index contributed by atoms with van der Waals surface area (Å²) < 4.78 is 36.1. The third kappa shape index (κ3) is 7.61. The average Bonchev–Trinajstić information content (AvgIpc) is 3.00. The number of aryl methyl sites for hydroxylation is 1. The number of carbonyl (C=O) groups is 1. The highest BCUT2D eigenvalue weighted by molar-refractivity contribution is 7.90. The first-order chi connectivity index (χ1) is 21.1. The third-order valence-electron chi connectivity index (χ3n) is 9.60. The van der Waals surface area contributed by atoms with E-state index in [0.717, 1.165) is 56.3 Å². The molecule has 10 heteroatoms. The second-order valence-corrected chi connectivity index (χ2v) is 15.0. The van der Waals surface area contributed by atoms with Crippen molar-refractivity contribution >= 4 is 33.2 Å². The summed E-state index contributed by atoms with van der Waals surface area (Å²) in [7, 11) is -4.09. The Morgan fingerprint density at radius 1 is 1.16 bits per heavy atom. The lowest BCUT2D eigenvalue weighted by Gasteiger charge is -2.42. The SMILES string of the molecule is CCC(C)N[C@H]1[C@H](C)C/C=C/[C@H](O)[C@@H]2CC[C@H]2CN2CCCCc3cc(Cl)ccc3COc3ccc(cc32)C(=O)NS1(=O)=O. The fourth-order valence-electron chi connectivity index (χ4n) is 6.54. The Balaban J connectivity index is 1.54. The fraction of sp³-hybridized carbons (Fsp3) is 0.559. The molecule has 3 aliphatic rings. The molecule has 1 amide bonds. The molecule has 0 aromatic heterocycles. The topological polar surface area (TPSA) is 108 Å². The van der Waals surface area contributed by atoms with Crippen LogP contribution in [0.4, 0.5) is 5.69 Å². The van der Waals surface area contributed by atoms with Gasteiger partial charge in [-0.15, -0.1) is 0 Å². The minimum Gasteiger partial charge on any atom is -0.487 e. The van der Waals surface area contributed by atoms with Crippen LogP contribution in [0.15, 0.2) is 48.6 Å². The number of hydrogen-bond acceptors (Lipinski definition) is 7. The summed E-state index contributed by atoms with van der Waals surface area (Å²) in [5.41, 5.74) is 3.26. The number of benzene rings is 2. The highest BCUT2D eigenvalue weighted by atomic mass is 35.5. The first kappa shape index (κ1) is 32.8. The number of halogens is 1. The van der Waals surface area contributed by atoms with Crippen LogP contribution >= 0.6 is 11.6 Å². The zero-order valence-electron chi connectivity index (χ0n) is 26.0. The molecule has 2 bridgehead atoms. The lowest BCUT2D eigenvalue weighted by molar-refractivity contribution is 0.0461. The number of ether oxygens (including phenoxy) is 1. The summed E-state index contributed by atoms with van der Waals surface area (Å²) in [5.74, 6) is 0.0376. The summed E-state index contributed by atoms with van der Waals surface area (Å²) in [6, 6.07) is 11.0. The Morgan fingerprint density at radius 3 is 2.73 bits per heavy atom. The molecule has 3 N–H and O–H groups in total. The molecule has 0 radical (unpaired) electrons. The van der Waals surface area contributed by atoms with Crippen molar-refractivity contribution in [3.05, 3.63) is 70.3 Å². The Bertz CT molecular complexity index is 1460. The molecule has 1 saturated carbocycles. The number of aliphatic hydroxyl groups excluding tert-OH is 1. The van der Waals surface area contributed by atoms with E-state index in [0.29, 0.717) is 30.3 Å². The fourth-order valence-corrected chi connectivity index (χ4v) is 8.37. The van der Waals surface area contributed by atoms with Crippen LogP contribution in [0.3, 0.4) is 0 Å². The number of allylic oxidation sites excluding steroid dienone is 1. The quantitative estimate of drug-likeness (QED) is 0.362. The highest BCUT2D eigenvalue weighted by Gasteiger charge is 2.38. The van der Waals surface area contributed by atoms with Gasteiger partial charge in [-0.3, -0.25) is 10.1 Å². The molecule has 8 nitrogen and oxygen atoms in total. The number of sulfonamides is 1. The number of rotatable bonds is 3. The van der Waals surface area contributed by atoms with Gasteiger partial charge in [-0.2, -0.15) is 0 Å².